The maximum Gasteiger partial charge on any atom is 0.224 e. The van der Waals surface area contributed by atoms with Gasteiger partial charge in [-0.25, -0.2) is 0 Å². The molecule has 0 spiro atoms. The molecule has 1 unspecified atom stereocenters. The Hall–Kier alpha value is -0.570. The number of likely N-dealkylation sites (tertiary alicyclic amines) is 1. The molecule has 24 heavy (non-hydrogen) atoms. The molecule has 1 atom stereocenters. The molecule has 1 heterocycles. The molecule has 2 N–H and O–H groups in total. The van der Waals surface area contributed by atoms with Crippen molar-refractivity contribution in [2.45, 2.75) is 40.0 Å². The second-order valence-electron chi connectivity index (χ2n) is 6.23. The number of carbonyl (C=O) groups is 1. The largest absolute Gasteiger partial charge is 0.357 e. The van der Waals surface area contributed by atoms with Crippen molar-refractivity contribution in [3.05, 3.63) is 0 Å². The fraction of sp³-hybridized carbons (Fsp3) is 0.882. The van der Waals surface area contributed by atoms with Crippen molar-refractivity contribution in [3.63, 3.8) is 0 Å². The van der Waals surface area contributed by atoms with Crippen LogP contribution in [0.15, 0.2) is 4.99 Å². The highest BCUT2D eigenvalue weighted by Crippen LogP contribution is 2.14. The number of aliphatic imine (C=N–C) groups is 1. The quantitative estimate of drug-likeness (QED) is 0.334. The minimum Gasteiger partial charge on any atom is -0.357 e. The summed E-state index contributed by atoms with van der Waals surface area (Å²) < 4.78 is 0. The van der Waals surface area contributed by atoms with Crippen LogP contribution in [0.3, 0.4) is 0 Å². The molecular formula is C17H36IN5O. The van der Waals surface area contributed by atoms with Gasteiger partial charge in [0.05, 0.1) is 0 Å². The zero-order valence-corrected chi connectivity index (χ0v) is 18.1. The molecule has 0 aromatic heterocycles. The number of nitrogens with zero attached hydrogens (tertiary/aromatic N) is 3. The lowest BCUT2D eigenvalue weighted by Crippen LogP contribution is -2.41. The highest BCUT2D eigenvalue weighted by molar-refractivity contribution is 14.0. The molecule has 142 valence electrons. The van der Waals surface area contributed by atoms with E-state index in [9.17, 15) is 4.79 Å². The fourth-order valence-corrected chi connectivity index (χ4v) is 3.01. The Kier molecular flexibility index (Phi) is 13.4. The lowest BCUT2D eigenvalue weighted by atomic mass is 9.99. The van der Waals surface area contributed by atoms with Crippen LogP contribution in [0, 0.1) is 5.92 Å². The lowest BCUT2D eigenvalue weighted by molar-refractivity contribution is -0.130. The Labute approximate surface area is 164 Å². The van der Waals surface area contributed by atoms with Crippen LogP contribution in [-0.2, 0) is 4.79 Å². The van der Waals surface area contributed by atoms with Crippen LogP contribution in [0.4, 0.5) is 0 Å². The van der Waals surface area contributed by atoms with Crippen LogP contribution in [0.2, 0.25) is 0 Å². The molecule has 1 aliphatic rings. The van der Waals surface area contributed by atoms with E-state index in [1.54, 1.807) is 0 Å². The summed E-state index contributed by atoms with van der Waals surface area (Å²) in [5, 5.41) is 6.55. The SMILES string of the molecule is CCNC(=NCC1CCCN(C)C1)NCCC(=O)N(CC)CC.I. The van der Waals surface area contributed by atoms with Gasteiger partial charge in [0.15, 0.2) is 5.96 Å². The van der Waals surface area contributed by atoms with Crippen LogP contribution in [0.1, 0.15) is 40.0 Å². The topological polar surface area (TPSA) is 60.0 Å². The predicted molar refractivity (Wildman–Crippen MR) is 112 cm³/mol. The van der Waals surface area contributed by atoms with Crippen molar-refractivity contribution < 1.29 is 4.79 Å². The van der Waals surface area contributed by atoms with Crippen molar-refractivity contribution in [1.82, 2.24) is 20.4 Å². The third-order valence-corrected chi connectivity index (χ3v) is 4.32. The summed E-state index contributed by atoms with van der Waals surface area (Å²) in [5.74, 6) is 1.67. The zero-order chi connectivity index (χ0) is 17.1. The van der Waals surface area contributed by atoms with Gasteiger partial charge in [-0.15, -0.1) is 24.0 Å². The average Bonchev–Trinajstić information content (AvgIpc) is 2.54. The minimum atomic E-state index is 0. The van der Waals surface area contributed by atoms with E-state index in [1.807, 2.05) is 18.7 Å². The van der Waals surface area contributed by atoms with Gasteiger partial charge in [0.1, 0.15) is 0 Å². The van der Waals surface area contributed by atoms with E-state index >= 15 is 0 Å². The van der Waals surface area contributed by atoms with Crippen molar-refractivity contribution in [2.75, 3.05) is 52.9 Å². The molecule has 1 aliphatic heterocycles. The molecule has 0 aromatic rings. The third-order valence-electron chi connectivity index (χ3n) is 4.32. The molecule has 0 aromatic carbocycles. The molecule has 1 saturated heterocycles. The molecule has 1 rings (SSSR count). The number of halogens is 1. The zero-order valence-electron chi connectivity index (χ0n) is 15.8. The van der Waals surface area contributed by atoms with E-state index in [1.165, 1.54) is 19.4 Å². The number of carbonyl (C=O) groups excluding carboxylic acids is 1. The standard InChI is InChI=1S/C17H35N5O.HI/c1-5-18-17(19-11-10-16(23)22(6-2)7-3)20-13-15-9-8-12-21(4)14-15;/h15H,5-14H2,1-4H3,(H2,18,19,20);1H. The molecular weight excluding hydrogens is 417 g/mol. The predicted octanol–water partition coefficient (Wildman–Crippen LogP) is 1.76. The Morgan fingerprint density at radius 3 is 2.54 bits per heavy atom. The van der Waals surface area contributed by atoms with Crippen molar-refractivity contribution >= 4 is 35.8 Å². The maximum absolute atomic E-state index is 12.0. The van der Waals surface area contributed by atoms with E-state index in [2.05, 4.69) is 29.5 Å². The normalized spacial score (nSPS) is 18.7. The first kappa shape index (κ1) is 23.4. The summed E-state index contributed by atoms with van der Waals surface area (Å²) in [4.78, 5) is 20.9. The monoisotopic (exact) mass is 453 g/mol. The van der Waals surface area contributed by atoms with Gasteiger partial charge in [-0.1, -0.05) is 0 Å². The Morgan fingerprint density at radius 2 is 1.96 bits per heavy atom. The van der Waals surface area contributed by atoms with Crippen molar-refractivity contribution in [3.8, 4) is 0 Å². The first-order chi connectivity index (χ1) is 11.1. The van der Waals surface area contributed by atoms with Gasteiger partial charge < -0.3 is 20.4 Å². The van der Waals surface area contributed by atoms with Crippen molar-refractivity contribution in [1.29, 1.82) is 0 Å². The first-order valence-corrected chi connectivity index (χ1v) is 9.09. The Morgan fingerprint density at radius 1 is 1.25 bits per heavy atom. The summed E-state index contributed by atoms with van der Waals surface area (Å²) in [7, 11) is 2.18. The molecule has 0 radical (unpaired) electrons. The van der Waals surface area contributed by atoms with Gasteiger partial charge in [0.25, 0.3) is 0 Å². The van der Waals surface area contributed by atoms with Gasteiger partial charge >= 0.3 is 0 Å². The Bertz CT molecular complexity index is 374. The molecule has 0 saturated carbocycles. The summed E-state index contributed by atoms with van der Waals surface area (Å²) in [5.41, 5.74) is 0. The van der Waals surface area contributed by atoms with Crippen LogP contribution in [-0.4, -0.2) is 74.5 Å². The first-order valence-electron chi connectivity index (χ1n) is 9.09. The van der Waals surface area contributed by atoms with E-state index in [0.717, 1.165) is 38.7 Å². The number of guanidine groups is 1. The molecule has 1 fully saturated rings. The smallest absolute Gasteiger partial charge is 0.224 e. The molecule has 0 bridgehead atoms. The second-order valence-corrected chi connectivity index (χ2v) is 6.23. The van der Waals surface area contributed by atoms with Crippen LogP contribution < -0.4 is 10.6 Å². The van der Waals surface area contributed by atoms with Gasteiger partial charge in [-0.3, -0.25) is 9.79 Å². The van der Waals surface area contributed by atoms with Gasteiger partial charge in [-0.2, -0.15) is 0 Å². The molecule has 1 amide bonds. The maximum atomic E-state index is 12.0. The molecule has 7 heteroatoms. The van der Waals surface area contributed by atoms with Crippen LogP contribution in [0.25, 0.3) is 0 Å². The summed E-state index contributed by atoms with van der Waals surface area (Å²) >= 11 is 0. The summed E-state index contributed by atoms with van der Waals surface area (Å²) in [6.45, 7) is 12.3. The highest BCUT2D eigenvalue weighted by Gasteiger charge is 2.16. The number of amides is 1. The Balaban J connectivity index is 0.00000529. The lowest BCUT2D eigenvalue weighted by Gasteiger charge is -2.28. The number of hydrogen-bond donors (Lipinski definition) is 2. The van der Waals surface area contributed by atoms with E-state index in [-0.39, 0.29) is 29.9 Å². The summed E-state index contributed by atoms with van der Waals surface area (Å²) in [6.07, 6.45) is 3.03. The van der Waals surface area contributed by atoms with Crippen LogP contribution >= 0.6 is 24.0 Å². The van der Waals surface area contributed by atoms with Gasteiger partial charge in [-0.05, 0) is 53.1 Å². The van der Waals surface area contributed by atoms with E-state index < -0.39 is 0 Å². The molecule has 6 nitrogen and oxygen atoms in total. The van der Waals surface area contributed by atoms with E-state index in [0.29, 0.717) is 18.9 Å². The summed E-state index contributed by atoms with van der Waals surface area (Å²) in [6, 6.07) is 0. The number of hydrogen-bond acceptors (Lipinski definition) is 3. The fourth-order valence-electron chi connectivity index (χ4n) is 3.01. The molecule has 0 aliphatic carbocycles. The highest BCUT2D eigenvalue weighted by atomic mass is 127. The third kappa shape index (κ3) is 9.05. The minimum absolute atomic E-state index is 0. The number of nitrogens with one attached hydrogen (secondary N) is 2. The second kappa shape index (κ2) is 13.7. The van der Waals surface area contributed by atoms with E-state index in [4.69, 9.17) is 4.99 Å². The van der Waals surface area contributed by atoms with Crippen LogP contribution in [0.5, 0.6) is 0 Å². The number of rotatable bonds is 8. The number of piperidine rings is 1. The van der Waals surface area contributed by atoms with Gasteiger partial charge in [0.2, 0.25) is 5.91 Å². The van der Waals surface area contributed by atoms with Gasteiger partial charge in [0, 0.05) is 45.7 Å². The average molecular weight is 453 g/mol. The van der Waals surface area contributed by atoms with Crippen molar-refractivity contribution in [2.24, 2.45) is 10.9 Å².